The molecule has 0 unspecified atom stereocenters. The summed E-state index contributed by atoms with van der Waals surface area (Å²) >= 11 is 0. The number of alkyl carbamates (subject to hydrolysis) is 1. The molecule has 0 radical (unpaired) electrons. The van der Waals surface area contributed by atoms with E-state index in [2.05, 4.69) is 50.4 Å². The van der Waals surface area contributed by atoms with E-state index in [0.29, 0.717) is 6.42 Å². The summed E-state index contributed by atoms with van der Waals surface area (Å²) in [5.41, 5.74) is -2.00. The smallest absolute Gasteiger partial charge is 0.408 e. The van der Waals surface area contributed by atoms with Gasteiger partial charge in [0.2, 0.25) is 0 Å². The number of carbonyl (C=O) groups is 2. The van der Waals surface area contributed by atoms with Crippen LogP contribution in [0, 0.1) is 5.92 Å². The van der Waals surface area contributed by atoms with Gasteiger partial charge in [-0.25, -0.2) is 9.59 Å². The fourth-order valence-electron chi connectivity index (χ4n) is 5.01. The van der Waals surface area contributed by atoms with Gasteiger partial charge in [0, 0.05) is 18.9 Å². The van der Waals surface area contributed by atoms with Crippen LogP contribution in [0.5, 0.6) is 0 Å². The van der Waals surface area contributed by atoms with Gasteiger partial charge in [-0.3, -0.25) is 0 Å². The first-order valence-electron chi connectivity index (χ1n) is 12.4. The number of methoxy groups -OCH3 is 1. The highest BCUT2D eigenvalue weighted by Gasteiger charge is 2.54. The lowest BCUT2D eigenvalue weighted by atomic mass is 9.86. The molecular weight excluding hydrogens is 470 g/mol. The van der Waals surface area contributed by atoms with Crippen molar-refractivity contribution in [2.45, 2.75) is 64.1 Å². The Kier molecular flexibility index (Phi) is 8.16. The van der Waals surface area contributed by atoms with Gasteiger partial charge in [-0.05, 0) is 36.2 Å². The van der Waals surface area contributed by atoms with Crippen molar-refractivity contribution < 1.29 is 23.5 Å². The fraction of sp³-hybridized carbons (Fsp3) is 0.448. The van der Waals surface area contributed by atoms with Gasteiger partial charge in [0.25, 0.3) is 8.32 Å². The average molecular weight is 510 g/mol. The summed E-state index contributed by atoms with van der Waals surface area (Å²) in [6, 6.07) is 20.7. The summed E-state index contributed by atoms with van der Waals surface area (Å²) < 4.78 is 17.7. The summed E-state index contributed by atoms with van der Waals surface area (Å²) in [6.07, 6.45) is 3.47. The fourth-order valence-corrected chi connectivity index (χ4v) is 9.59. The van der Waals surface area contributed by atoms with Crippen LogP contribution < -0.4 is 15.7 Å². The predicted molar refractivity (Wildman–Crippen MR) is 145 cm³/mol. The lowest BCUT2D eigenvalue weighted by Crippen LogP contribution is -2.68. The monoisotopic (exact) mass is 509 g/mol. The van der Waals surface area contributed by atoms with Crippen LogP contribution in [0.4, 0.5) is 4.79 Å². The van der Waals surface area contributed by atoms with E-state index in [1.54, 1.807) is 20.8 Å². The number of ether oxygens (including phenoxy) is 2. The predicted octanol–water partition coefficient (Wildman–Crippen LogP) is 4.58. The van der Waals surface area contributed by atoms with E-state index in [9.17, 15) is 9.59 Å². The molecule has 1 aliphatic carbocycles. The second-order valence-electron chi connectivity index (χ2n) is 11.3. The second-order valence-corrected chi connectivity index (χ2v) is 15.6. The standard InChI is InChI=1S/C29H39NO5Si/c1-27(2,3)35-26(32)30-29(25(31)33-7)20-14-15-22(29)21-34-36(28(4,5)6,23-16-10-8-11-17-23)24-18-12-9-13-19-24/h8-19,22H,20-21H2,1-7H3,(H,30,32)/t22-,29+/m0/s1. The molecule has 36 heavy (non-hydrogen) atoms. The van der Waals surface area contributed by atoms with E-state index < -0.39 is 37.4 Å². The van der Waals surface area contributed by atoms with Crippen LogP contribution >= 0.6 is 0 Å². The van der Waals surface area contributed by atoms with Crippen molar-refractivity contribution >= 4 is 30.8 Å². The molecule has 2 aromatic carbocycles. The summed E-state index contributed by atoms with van der Waals surface area (Å²) in [7, 11) is -1.50. The molecule has 1 amide bonds. The molecule has 0 bridgehead atoms. The van der Waals surface area contributed by atoms with Gasteiger partial charge in [-0.15, -0.1) is 0 Å². The van der Waals surface area contributed by atoms with E-state index >= 15 is 0 Å². The normalized spacial score (nSPS) is 20.1. The van der Waals surface area contributed by atoms with Gasteiger partial charge in [0.1, 0.15) is 5.60 Å². The highest BCUT2D eigenvalue weighted by molar-refractivity contribution is 6.99. The maximum absolute atomic E-state index is 13.1. The van der Waals surface area contributed by atoms with Crippen LogP contribution in [0.2, 0.25) is 5.04 Å². The number of hydrogen-bond donors (Lipinski definition) is 1. The van der Waals surface area contributed by atoms with E-state index in [1.807, 2.05) is 48.6 Å². The number of amides is 1. The third kappa shape index (κ3) is 5.57. The Hall–Kier alpha value is -2.90. The van der Waals surface area contributed by atoms with Gasteiger partial charge >= 0.3 is 12.1 Å². The molecule has 0 saturated heterocycles. The topological polar surface area (TPSA) is 73.9 Å². The maximum atomic E-state index is 13.1. The Morgan fingerprint density at radius 3 is 1.92 bits per heavy atom. The molecule has 0 aliphatic heterocycles. The zero-order valence-corrected chi connectivity index (χ0v) is 23.5. The SMILES string of the molecule is COC(=O)[C@@]1(NC(=O)OC(C)(C)C)CC=C[C@H]1CO[Si](c1ccccc1)(c1ccccc1)C(C)(C)C. The molecule has 0 aromatic heterocycles. The van der Waals surface area contributed by atoms with Gasteiger partial charge in [-0.1, -0.05) is 93.6 Å². The molecule has 3 rings (SSSR count). The van der Waals surface area contributed by atoms with E-state index in [4.69, 9.17) is 13.9 Å². The zero-order chi connectivity index (χ0) is 26.6. The number of nitrogens with one attached hydrogen (secondary N) is 1. The minimum absolute atomic E-state index is 0.218. The summed E-state index contributed by atoms with van der Waals surface area (Å²) in [5.74, 6) is -0.950. The van der Waals surface area contributed by atoms with Crippen molar-refractivity contribution in [3.05, 3.63) is 72.8 Å². The quantitative estimate of drug-likeness (QED) is 0.336. The van der Waals surface area contributed by atoms with Gasteiger partial charge in [0.15, 0.2) is 5.54 Å². The number of carbonyl (C=O) groups excluding carboxylic acids is 2. The zero-order valence-electron chi connectivity index (χ0n) is 22.5. The van der Waals surface area contributed by atoms with Gasteiger partial charge < -0.3 is 19.2 Å². The highest BCUT2D eigenvalue weighted by Crippen LogP contribution is 2.39. The molecule has 2 atom stereocenters. The lowest BCUT2D eigenvalue weighted by molar-refractivity contribution is -0.150. The third-order valence-electron chi connectivity index (χ3n) is 6.61. The number of esters is 1. The van der Waals surface area contributed by atoms with Crippen LogP contribution in [0.15, 0.2) is 72.8 Å². The molecule has 6 nitrogen and oxygen atoms in total. The number of benzene rings is 2. The minimum atomic E-state index is -2.83. The Balaban J connectivity index is 2.03. The van der Waals surface area contributed by atoms with Crippen LogP contribution in [0.3, 0.4) is 0 Å². The van der Waals surface area contributed by atoms with Crippen molar-refractivity contribution in [2.24, 2.45) is 5.92 Å². The maximum Gasteiger partial charge on any atom is 0.408 e. The third-order valence-corrected chi connectivity index (χ3v) is 11.6. The minimum Gasteiger partial charge on any atom is -0.467 e. The Morgan fingerprint density at radius 1 is 0.944 bits per heavy atom. The summed E-state index contributed by atoms with van der Waals surface area (Å²) in [4.78, 5) is 25.9. The van der Waals surface area contributed by atoms with Crippen LogP contribution in [-0.4, -0.2) is 45.2 Å². The summed E-state index contributed by atoms with van der Waals surface area (Å²) in [5, 5.41) is 4.92. The van der Waals surface area contributed by atoms with Gasteiger partial charge in [0.05, 0.1) is 7.11 Å². The molecule has 2 aromatic rings. The van der Waals surface area contributed by atoms with Crippen molar-refractivity contribution in [1.82, 2.24) is 5.32 Å². The largest absolute Gasteiger partial charge is 0.467 e. The van der Waals surface area contributed by atoms with Crippen LogP contribution in [-0.2, 0) is 18.7 Å². The molecule has 0 heterocycles. The van der Waals surface area contributed by atoms with E-state index in [-0.39, 0.29) is 11.6 Å². The number of hydrogen-bond acceptors (Lipinski definition) is 5. The lowest BCUT2D eigenvalue weighted by Gasteiger charge is -2.44. The number of rotatable bonds is 7. The average Bonchev–Trinajstić information content (AvgIpc) is 3.21. The van der Waals surface area contributed by atoms with Crippen molar-refractivity contribution in [3.8, 4) is 0 Å². The molecule has 7 heteroatoms. The second kappa shape index (κ2) is 10.6. The van der Waals surface area contributed by atoms with E-state index in [0.717, 1.165) is 10.4 Å². The highest BCUT2D eigenvalue weighted by atomic mass is 28.4. The molecule has 1 N–H and O–H groups in total. The first-order chi connectivity index (χ1) is 16.9. The van der Waals surface area contributed by atoms with Gasteiger partial charge in [-0.2, -0.15) is 0 Å². The van der Waals surface area contributed by atoms with E-state index in [1.165, 1.54) is 7.11 Å². The van der Waals surface area contributed by atoms with Crippen molar-refractivity contribution in [1.29, 1.82) is 0 Å². The first kappa shape index (κ1) is 27.7. The van der Waals surface area contributed by atoms with Crippen molar-refractivity contribution in [3.63, 3.8) is 0 Å². The Bertz CT molecular complexity index is 1030. The molecular formula is C29H39NO5Si. The molecule has 0 saturated carbocycles. The Labute approximate surface area is 216 Å². The summed E-state index contributed by atoms with van der Waals surface area (Å²) in [6.45, 7) is 12.2. The molecule has 1 aliphatic rings. The molecule has 0 fully saturated rings. The molecule has 194 valence electrons. The van der Waals surface area contributed by atoms with Crippen molar-refractivity contribution in [2.75, 3.05) is 13.7 Å². The van der Waals surface area contributed by atoms with Crippen LogP contribution in [0.25, 0.3) is 0 Å². The first-order valence-corrected chi connectivity index (χ1v) is 14.3. The van der Waals surface area contributed by atoms with Crippen LogP contribution in [0.1, 0.15) is 48.0 Å². The molecule has 0 spiro atoms. The Morgan fingerprint density at radius 2 is 1.47 bits per heavy atom.